The molecule has 1 amide bonds. The number of nitro benzene ring substituents is 1. The van der Waals surface area contributed by atoms with Crippen molar-refractivity contribution < 1.29 is 9.72 Å². The van der Waals surface area contributed by atoms with Crippen molar-refractivity contribution in [2.45, 2.75) is 25.7 Å². The van der Waals surface area contributed by atoms with Gasteiger partial charge in [-0.2, -0.15) is 11.8 Å². The molecule has 3 N–H and O–H groups in total. The zero-order valence-electron chi connectivity index (χ0n) is 12.1. The number of hydrogen-bond donors (Lipinski definition) is 2. The molecule has 0 heterocycles. The molecule has 116 valence electrons. The Morgan fingerprint density at radius 1 is 1.33 bits per heavy atom. The van der Waals surface area contributed by atoms with E-state index in [0.29, 0.717) is 6.54 Å². The van der Waals surface area contributed by atoms with E-state index in [1.165, 1.54) is 30.4 Å². The first kappa shape index (κ1) is 17.3. The standard InChI is InChI=1S/C14H21N3O3S/c1-21-9-5-3-2-4-8-16-14(18)11-6-7-12(15)13(10-11)17(19)20/h6-7,10H,2-5,8-9,15H2,1H3,(H,16,18). The summed E-state index contributed by atoms with van der Waals surface area (Å²) in [4.78, 5) is 22.1. The third kappa shape index (κ3) is 6.03. The van der Waals surface area contributed by atoms with Crippen molar-refractivity contribution in [3.05, 3.63) is 33.9 Å². The Labute approximate surface area is 128 Å². The Morgan fingerprint density at radius 2 is 2.05 bits per heavy atom. The summed E-state index contributed by atoms with van der Waals surface area (Å²) in [7, 11) is 0. The van der Waals surface area contributed by atoms with Crippen LogP contribution >= 0.6 is 11.8 Å². The van der Waals surface area contributed by atoms with E-state index in [4.69, 9.17) is 5.73 Å². The third-order valence-electron chi connectivity index (χ3n) is 3.05. The molecule has 0 aliphatic heterocycles. The predicted octanol–water partition coefficient (Wildman–Crippen LogP) is 2.83. The van der Waals surface area contributed by atoms with Gasteiger partial charge in [0.05, 0.1) is 4.92 Å². The number of nitrogen functional groups attached to an aromatic ring is 1. The maximum Gasteiger partial charge on any atom is 0.292 e. The highest BCUT2D eigenvalue weighted by atomic mass is 32.2. The van der Waals surface area contributed by atoms with E-state index in [-0.39, 0.29) is 22.8 Å². The molecule has 0 aliphatic rings. The average molecular weight is 311 g/mol. The van der Waals surface area contributed by atoms with Gasteiger partial charge >= 0.3 is 0 Å². The van der Waals surface area contributed by atoms with Crippen LogP contribution in [-0.2, 0) is 0 Å². The summed E-state index contributed by atoms with van der Waals surface area (Å²) < 4.78 is 0. The van der Waals surface area contributed by atoms with Crippen LogP contribution in [0.3, 0.4) is 0 Å². The molecule has 21 heavy (non-hydrogen) atoms. The van der Waals surface area contributed by atoms with Gasteiger partial charge in [0, 0.05) is 18.2 Å². The second kappa shape index (κ2) is 9.23. The lowest BCUT2D eigenvalue weighted by Crippen LogP contribution is -2.24. The predicted molar refractivity (Wildman–Crippen MR) is 86.7 cm³/mol. The van der Waals surface area contributed by atoms with Crippen LogP contribution in [0, 0.1) is 10.1 Å². The molecule has 0 spiro atoms. The summed E-state index contributed by atoms with van der Waals surface area (Å²) in [5.41, 5.74) is 5.58. The lowest BCUT2D eigenvalue weighted by Gasteiger charge is -2.06. The molecule has 1 aromatic rings. The number of anilines is 1. The van der Waals surface area contributed by atoms with Gasteiger partial charge in [-0.25, -0.2) is 0 Å². The largest absolute Gasteiger partial charge is 0.393 e. The Balaban J connectivity index is 2.39. The van der Waals surface area contributed by atoms with Crippen molar-refractivity contribution in [2.24, 2.45) is 0 Å². The number of carbonyl (C=O) groups is 1. The van der Waals surface area contributed by atoms with E-state index in [0.717, 1.165) is 19.3 Å². The number of rotatable bonds is 9. The molecule has 0 bridgehead atoms. The molecule has 1 rings (SSSR count). The van der Waals surface area contributed by atoms with Crippen LogP contribution in [0.4, 0.5) is 11.4 Å². The fourth-order valence-electron chi connectivity index (χ4n) is 1.87. The Bertz CT molecular complexity index is 494. The zero-order valence-corrected chi connectivity index (χ0v) is 12.9. The Hall–Kier alpha value is -1.76. The number of thioether (sulfide) groups is 1. The number of nitrogens with one attached hydrogen (secondary N) is 1. The van der Waals surface area contributed by atoms with E-state index >= 15 is 0 Å². The fourth-order valence-corrected chi connectivity index (χ4v) is 2.36. The smallest absolute Gasteiger partial charge is 0.292 e. The van der Waals surface area contributed by atoms with Crippen LogP contribution in [0.15, 0.2) is 18.2 Å². The van der Waals surface area contributed by atoms with E-state index in [2.05, 4.69) is 11.6 Å². The second-order valence-electron chi connectivity index (χ2n) is 4.69. The molecule has 6 nitrogen and oxygen atoms in total. The van der Waals surface area contributed by atoms with Gasteiger partial charge in [-0.05, 0) is 37.0 Å². The first-order chi connectivity index (χ1) is 10.1. The summed E-state index contributed by atoms with van der Waals surface area (Å²) in [6.45, 7) is 0.580. The molecule has 0 aromatic heterocycles. The highest BCUT2D eigenvalue weighted by molar-refractivity contribution is 7.98. The molecular weight excluding hydrogens is 290 g/mol. The SMILES string of the molecule is CSCCCCCCNC(=O)c1ccc(N)c([N+](=O)[O-])c1. The first-order valence-electron chi connectivity index (χ1n) is 6.87. The number of benzene rings is 1. The summed E-state index contributed by atoms with van der Waals surface area (Å²) in [5, 5.41) is 13.5. The highest BCUT2D eigenvalue weighted by Crippen LogP contribution is 2.22. The van der Waals surface area contributed by atoms with Crippen LogP contribution < -0.4 is 11.1 Å². The van der Waals surface area contributed by atoms with Crippen molar-refractivity contribution in [1.82, 2.24) is 5.32 Å². The van der Waals surface area contributed by atoms with Gasteiger partial charge in [0.2, 0.25) is 0 Å². The zero-order chi connectivity index (χ0) is 15.7. The lowest BCUT2D eigenvalue weighted by atomic mass is 10.1. The molecule has 0 saturated heterocycles. The topological polar surface area (TPSA) is 98.3 Å². The molecule has 0 atom stereocenters. The van der Waals surface area contributed by atoms with E-state index < -0.39 is 4.92 Å². The summed E-state index contributed by atoms with van der Waals surface area (Å²) >= 11 is 1.84. The second-order valence-corrected chi connectivity index (χ2v) is 5.68. The van der Waals surface area contributed by atoms with Crippen LogP contribution in [0.2, 0.25) is 0 Å². The summed E-state index contributed by atoms with van der Waals surface area (Å²) in [6, 6.07) is 4.09. The maximum absolute atomic E-state index is 11.9. The minimum absolute atomic E-state index is 0.0605. The quantitative estimate of drug-likeness (QED) is 0.316. The van der Waals surface area contributed by atoms with Crippen LogP contribution in [0.1, 0.15) is 36.0 Å². The van der Waals surface area contributed by atoms with Gasteiger partial charge in [-0.3, -0.25) is 14.9 Å². The monoisotopic (exact) mass is 311 g/mol. The van der Waals surface area contributed by atoms with Crippen LogP contribution in [0.5, 0.6) is 0 Å². The number of nitrogens with two attached hydrogens (primary N) is 1. The molecular formula is C14H21N3O3S. The van der Waals surface area contributed by atoms with E-state index in [9.17, 15) is 14.9 Å². The van der Waals surface area contributed by atoms with E-state index in [1.807, 2.05) is 11.8 Å². The molecule has 0 radical (unpaired) electrons. The molecule has 0 fully saturated rings. The fraction of sp³-hybridized carbons (Fsp3) is 0.500. The molecule has 0 aliphatic carbocycles. The highest BCUT2D eigenvalue weighted by Gasteiger charge is 2.15. The number of carbonyl (C=O) groups excluding carboxylic acids is 1. The molecule has 7 heteroatoms. The van der Waals surface area contributed by atoms with Gasteiger partial charge in [0.25, 0.3) is 11.6 Å². The van der Waals surface area contributed by atoms with Gasteiger partial charge in [0.15, 0.2) is 0 Å². The molecule has 0 saturated carbocycles. The normalized spacial score (nSPS) is 10.3. The Morgan fingerprint density at radius 3 is 2.71 bits per heavy atom. The lowest BCUT2D eigenvalue weighted by molar-refractivity contribution is -0.383. The first-order valence-corrected chi connectivity index (χ1v) is 8.26. The number of unbranched alkanes of at least 4 members (excludes halogenated alkanes) is 3. The minimum Gasteiger partial charge on any atom is -0.393 e. The number of nitrogens with zero attached hydrogens (tertiary/aromatic N) is 1. The van der Waals surface area contributed by atoms with Gasteiger partial charge in [-0.15, -0.1) is 0 Å². The van der Waals surface area contributed by atoms with Crippen molar-refractivity contribution >= 4 is 29.0 Å². The summed E-state index contributed by atoms with van der Waals surface area (Å²) in [5.74, 6) is 0.865. The van der Waals surface area contributed by atoms with Crippen molar-refractivity contribution in [2.75, 3.05) is 24.3 Å². The number of nitro groups is 1. The van der Waals surface area contributed by atoms with Crippen molar-refractivity contribution in [1.29, 1.82) is 0 Å². The average Bonchev–Trinajstić information content (AvgIpc) is 2.46. The number of amides is 1. The van der Waals surface area contributed by atoms with Crippen molar-refractivity contribution in [3.8, 4) is 0 Å². The van der Waals surface area contributed by atoms with Gasteiger partial charge in [-0.1, -0.05) is 12.8 Å². The third-order valence-corrected chi connectivity index (χ3v) is 3.75. The van der Waals surface area contributed by atoms with Gasteiger partial charge in [0.1, 0.15) is 5.69 Å². The van der Waals surface area contributed by atoms with E-state index in [1.54, 1.807) is 0 Å². The van der Waals surface area contributed by atoms with Gasteiger partial charge < -0.3 is 11.1 Å². The summed E-state index contributed by atoms with van der Waals surface area (Å²) in [6.07, 6.45) is 6.43. The maximum atomic E-state index is 11.9. The molecule has 0 unspecified atom stereocenters. The minimum atomic E-state index is -0.585. The van der Waals surface area contributed by atoms with Crippen molar-refractivity contribution in [3.63, 3.8) is 0 Å². The molecule has 1 aromatic carbocycles. The van der Waals surface area contributed by atoms with Crippen LogP contribution in [-0.4, -0.2) is 29.4 Å². The van der Waals surface area contributed by atoms with Crippen LogP contribution in [0.25, 0.3) is 0 Å². The number of hydrogen-bond acceptors (Lipinski definition) is 5. The Kier molecular flexibility index (Phi) is 7.60.